The van der Waals surface area contributed by atoms with E-state index in [9.17, 15) is 24.6 Å². The lowest BCUT2D eigenvalue weighted by molar-refractivity contribution is 0.0507. The van der Waals surface area contributed by atoms with Gasteiger partial charge < -0.3 is 24.6 Å². The maximum absolute atomic E-state index is 13.1. The van der Waals surface area contributed by atoms with Gasteiger partial charge in [-0.15, -0.1) is 9.46 Å². The van der Waals surface area contributed by atoms with Crippen molar-refractivity contribution < 1.29 is 29.4 Å². The molecule has 0 bridgehead atoms. The molecule has 0 fully saturated rings. The molecule has 59 heavy (non-hydrogen) atoms. The first kappa shape index (κ1) is 39.4. The van der Waals surface area contributed by atoms with Crippen LogP contribution in [0.2, 0.25) is 0 Å². The quantitative estimate of drug-likeness (QED) is 0.146. The summed E-state index contributed by atoms with van der Waals surface area (Å²) in [5, 5.41) is 21.9. The topological polar surface area (TPSA) is 181 Å². The molecule has 8 rings (SSSR count). The monoisotopic (exact) mass is 790 g/mol. The lowest BCUT2D eigenvalue weighted by atomic mass is 10.1. The smallest absolute Gasteiger partial charge is 0.347 e. The Hall–Kier alpha value is -7.87. The Kier molecular flexibility index (Phi) is 12.3. The summed E-state index contributed by atoms with van der Waals surface area (Å²) in [5.74, 6) is -1.61. The normalized spacial score (nSPS) is 10.8. The van der Waals surface area contributed by atoms with E-state index in [-0.39, 0.29) is 42.3 Å². The molecule has 4 aromatic heterocycles. The van der Waals surface area contributed by atoms with E-state index < -0.39 is 28.4 Å². The molecule has 0 amide bonds. The molecule has 296 valence electrons. The van der Waals surface area contributed by atoms with Gasteiger partial charge in [0.1, 0.15) is 37.4 Å². The molecule has 0 saturated carbocycles. The maximum atomic E-state index is 13.1. The van der Waals surface area contributed by atoms with Crippen molar-refractivity contribution in [3.63, 3.8) is 0 Å². The van der Waals surface area contributed by atoms with Crippen molar-refractivity contribution in [3.8, 4) is 11.5 Å². The number of ether oxygens (including phenoxy) is 1. The van der Waals surface area contributed by atoms with Crippen LogP contribution in [0, 0.1) is 0 Å². The van der Waals surface area contributed by atoms with Crippen molar-refractivity contribution in [1.82, 2.24) is 29.4 Å². The third kappa shape index (κ3) is 9.07. The highest BCUT2D eigenvalue weighted by atomic mass is 16.7. The Morgan fingerprint density at radius 1 is 0.593 bits per heavy atom. The summed E-state index contributed by atoms with van der Waals surface area (Å²) in [5.41, 5.74) is 3.25. The molecule has 2 N–H and O–H groups in total. The van der Waals surface area contributed by atoms with Gasteiger partial charge in [-0.2, -0.15) is 0 Å². The zero-order valence-corrected chi connectivity index (χ0v) is 31.8. The van der Waals surface area contributed by atoms with Crippen LogP contribution < -0.4 is 20.8 Å². The van der Waals surface area contributed by atoms with Crippen LogP contribution in [-0.2, 0) is 30.8 Å². The fourth-order valence-corrected chi connectivity index (χ4v) is 6.32. The number of aromatic hydroxyl groups is 2. The number of rotatable bonds is 12. The number of benzene rings is 4. The molecule has 0 unspecified atom stereocenters. The summed E-state index contributed by atoms with van der Waals surface area (Å²) in [6, 6.07) is 39.2. The summed E-state index contributed by atoms with van der Waals surface area (Å²) in [6.07, 6.45) is 3.53. The first-order chi connectivity index (χ1) is 28.8. The summed E-state index contributed by atoms with van der Waals surface area (Å²) in [4.78, 5) is 66.5. The highest BCUT2D eigenvalue weighted by Gasteiger charge is 2.27. The standard InChI is InChI=1S/C24H21N3O5.C21H17N3O3/c1-2-31-24(30)20-21(28)19-18(13-16-9-5-3-6-10-16)25-15-26-22(19)27(23(20)29)32-14-17-11-7-4-8-12-17;25-18-12-19(26)24(27-13-16-9-5-2-6-10-16)21-20(18)17(22-14-23-21)11-15-7-3-1-4-8-15/h3-12,15,28H,2,13-14H2,1H3;1-10,12,14,25H,11,13H2. The fourth-order valence-electron chi connectivity index (χ4n) is 6.32. The van der Waals surface area contributed by atoms with Crippen molar-refractivity contribution in [2.45, 2.75) is 33.0 Å². The number of carbonyl (C=O) groups excluding carboxylic acids is 1. The molecule has 0 radical (unpaired) electrons. The maximum Gasteiger partial charge on any atom is 0.347 e. The average Bonchev–Trinajstić information content (AvgIpc) is 3.25. The van der Waals surface area contributed by atoms with Gasteiger partial charge in [0.25, 0.3) is 5.56 Å². The van der Waals surface area contributed by atoms with E-state index in [1.165, 1.54) is 12.7 Å². The van der Waals surface area contributed by atoms with Crippen molar-refractivity contribution in [3.05, 3.63) is 200 Å². The molecule has 0 saturated heterocycles. The zero-order valence-electron chi connectivity index (χ0n) is 31.8. The molecule has 0 aliphatic carbocycles. The van der Waals surface area contributed by atoms with Gasteiger partial charge in [-0.3, -0.25) is 9.59 Å². The fraction of sp³-hybridized carbons (Fsp3) is 0.133. The van der Waals surface area contributed by atoms with Gasteiger partial charge >= 0.3 is 11.5 Å². The van der Waals surface area contributed by atoms with Crippen LogP contribution in [0.15, 0.2) is 150 Å². The number of esters is 1. The Morgan fingerprint density at radius 2 is 1.03 bits per heavy atom. The van der Waals surface area contributed by atoms with E-state index in [0.717, 1.165) is 37.8 Å². The number of carbonyl (C=O) groups is 1. The Morgan fingerprint density at radius 3 is 1.53 bits per heavy atom. The van der Waals surface area contributed by atoms with Gasteiger partial charge in [0.15, 0.2) is 16.9 Å². The van der Waals surface area contributed by atoms with Crippen molar-refractivity contribution in [1.29, 1.82) is 0 Å². The number of aromatic nitrogens is 6. The number of hydrogen-bond acceptors (Lipinski definition) is 12. The Bertz CT molecular complexity index is 2820. The van der Waals surface area contributed by atoms with Crippen molar-refractivity contribution in [2.75, 3.05) is 6.61 Å². The Balaban J connectivity index is 0.000000181. The third-order valence-electron chi connectivity index (χ3n) is 9.10. The van der Waals surface area contributed by atoms with E-state index in [2.05, 4.69) is 19.9 Å². The van der Waals surface area contributed by atoms with Crippen molar-refractivity contribution >= 4 is 28.0 Å². The molecule has 8 aromatic rings. The van der Waals surface area contributed by atoms with Crippen LogP contribution in [0.3, 0.4) is 0 Å². The third-order valence-corrected chi connectivity index (χ3v) is 9.10. The SMILES string of the molecule is CCOC(=O)c1c(O)c2c(Cc3ccccc3)ncnc2n(OCc2ccccc2)c1=O.O=c1cc(O)c2c(Cc3ccccc3)ncnc2n1OCc1ccccc1. The van der Waals surface area contributed by atoms with E-state index in [0.29, 0.717) is 29.6 Å². The number of hydrogen-bond donors (Lipinski definition) is 2. The summed E-state index contributed by atoms with van der Waals surface area (Å²) in [7, 11) is 0. The largest absolute Gasteiger partial charge is 0.507 e. The highest BCUT2D eigenvalue weighted by Crippen LogP contribution is 2.29. The molecule has 14 nitrogen and oxygen atoms in total. The summed E-state index contributed by atoms with van der Waals surface area (Å²) in [6.45, 7) is 1.92. The summed E-state index contributed by atoms with van der Waals surface area (Å²) < 4.78 is 7.04. The minimum atomic E-state index is -0.941. The van der Waals surface area contributed by atoms with Crippen LogP contribution in [-0.4, -0.2) is 52.2 Å². The predicted molar refractivity (Wildman–Crippen MR) is 219 cm³/mol. The Labute approximate surface area is 337 Å². The molecule has 14 heteroatoms. The van der Waals surface area contributed by atoms with Gasteiger partial charge in [-0.1, -0.05) is 121 Å². The number of pyridine rings is 2. The second-order valence-corrected chi connectivity index (χ2v) is 13.1. The van der Waals surface area contributed by atoms with Crippen LogP contribution in [0.1, 0.15) is 50.9 Å². The number of nitrogens with zero attached hydrogens (tertiary/aromatic N) is 6. The van der Waals surface area contributed by atoms with Gasteiger partial charge in [-0.05, 0) is 29.2 Å². The molecular formula is C45H38N6O8. The number of fused-ring (bicyclic) bond motifs is 2. The average molecular weight is 791 g/mol. The van der Waals surface area contributed by atoms with E-state index in [1.807, 2.05) is 121 Å². The van der Waals surface area contributed by atoms with Crippen LogP contribution in [0.5, 0.6) is 11.5 Å². The molecule has 4 aromatic carbocycles. The van der Waals surface area contributed by atoms with Crippen LogP contribution in [0.4, 0.5) is 0 Å². The lowest BCUT2D eigenvalue weighted by Crippen LogP contribution is -2.33. The van der Waals surface area contributed by atoms with Gasteiger partial charge in [0.05, 0.1) is 28.8 Å². The molecule has 0 spiro atoms. The first-order valence-electron chi connectivity index (χ1n) is 18.6. The van der Waals surface area contributed by atoms with E-state index in [1.54, 1.807) is 6.92 Å². The molecule has 0 aliphatic rings. The van der Waals surface area contributed by atoms with Gasteiger partial charge in [0, 0.05) is 18.9 Å². The summed E-state index contributed by atoms with van der Waals surface area (Å²) >= 11 is 0. The molecular weight excluding hydrogens is 753 g/mol. The minimum absolute atomic E-state index is 0.0444. The first-order valence-corrected chi connectivity index (χ1v) is 18.6. The van der Waals surface area contributed by atoms with Crippen LogP contribution in [0.25, 0.3) is 22.1 Å². The second kappa shape index (κ2) is 18.4. The minimum Gasteiger partial charge on any atom is -0.507 e. The van der Waals surface area contributed by atoms with Crippen LogP contribution >= 0.6 is 0 Å². The van der Waals surface area contributed by atoms with Gasteiger partial charge in [-0.25, -0.2) is 24.7 Å². The van der Waals surface area contributed by atoms with Gasteiger partial charge in [0.2, 0.25) is 0 Å². The highest BCUT2D eigenvalue weighted by molar-refractivity contribution is 5.99. The molecule has 0 atom stereocenters. The second-order valence-electron chi connectivity index (χ2n) is 13.1. The zero-order chi connectivity index (χ0) is 41.1. The molecule has 4 heterocycles. The lowest BCUT2D eigenvalue weighted by Gasteiger charge is -2.16. The van der Waals surface area contributed by atoms with E-state index >= 15 is 0 Å². The molecule has 0 aliphatic heterocycles. The van der Waals surface area contributed by atoms with E-state index in [4.69, 9.17) is 14.4 Å². The predicted octanol–water partition coefficient (Wildman–Crippen LogP) is 5.61. The van der Waals surface area contributed by atoms with Crippen molar-refractivity contribution in [2.24, 2.45) is 0 Å².